The number of aromatic nitrogens is 4. The third-order valence-electron chi connectivity index (χ3n) is 2.79. The standard InChI is InChI=1S/C12H10N4O3/c1-2-19-6-3-4-7-8(5-6)13-12(18)10-9(11(7)17)14-16-15-10/h3-5H,2H2,1H3,(H,13,18)(H,14,15,16). The van der Waals surface area contributed by atoms with E-state index in [1.54, 1.807) is 18.2 Å². The van der Waals surface area contributed by atoms with Crippen molar-refractivity contribution < 1.29 is 4.74 Å². The Hall–Kier alpha value is -2.70. The number of ether oxygens (including phenoxy) is 1. The average molecular weight is 258 g/mol. The second kappa shape index (κ2) is 4.20. The maximum Gasteiger partial charge on any atom is 0.278 e. The van der Waals surface area contributed by atoms with Gasteiger partial charge in [-0.05, 0) is 19.1 Å². The molecule has 0 saturated heterocycles. The van der Waals surface area contributed by atoms with Crippen LogP contribution in [0.1, 0.15) is 6.92 Å². The summed E-state index contributed by atoms with van der Waals surface area (Å²) in [5.41, 5.74) is -0.284. The molecule has 3 aromatic rings. The van der Waals surface area contributed by atoms with E-state index < -0.39 is 5.56 Å². The molecule has 0 spiro atoms. The third-order valence-corrected chi connectivity index (χ3v) is 2.79. The van der Waals surface area contributed by atoms with Crippen LogP contribution < -0.4 is 15.7 Å². The molecule has 0 unspecified atom stereocenters. The van der Waals surface area contributed by atoms with Crippen LogP contribution in [0.25, 0.3) is 21.9 Å². The summed E-state index contributed by atoms with van der Waals surface area (Å²) in [5.74, 6) is 0.589. The van der Waals surface area contributed by atoms with E-state index in [1.807, 2.05) is 6.92 Å². The summed E-state index contributed by atoms with van der Waals surface area (Å²) >= 11 is 0. The molecular weight excluding hydrogens is 248 g/mol. The first-order valence-corrected chi connectivity index (χ1v) is 5.74. The number of benzene rings is 1. The highest BCUT2D eigenvalue weighted by Gasteiger charge is 2.09. The van der Waals surface area contributed by atoms with Crippen molar-refractivity contribution in [1.82, 2.24) is 20.4 Å². The number of H-pyrrole nitrogens is 2. The van der Waals surface area contributed by atoms with Crippen molar-refractivity contribution in [2.24, 2.45) is 0 Å². The predicted octanol–water partition coefficient (Wildman–Crippen LogP) is 0.558. The number of nitrogens with zero attached hydrogens (tertiary/aromatic N) is 2. The average Bonchev–Trinajstić information content (AvgIpc) is 2.84. The monoisotopic (exact) mass is 258 g/mol. The van der Waals surface area contributed by atoms with Gasteiger partial charge in [-0.25, -0.2) is 0 Å². The molecule has 0 saturated carbocycles. The van der Waals surface area contributed by atoms with Gasteiger partial charge in [0.25, 0.3) is 5.56 Å². The van der Waals surface area contributed by atoms with Gasteiger partial charge in [0.15, 0.2) is 5.52 Å². The highest BCUT2D eigenvalue weighted by Crippen LogP contribution is 2.16. The lowest BCUT2D eigenvalue weighted by Gasteiger charge is -2.02. The lowest BCUT2D eigenvalue weighted by Crippen LogP contribution is -2.02. The minimum Gasteiger partial charge on any atom is -0.494 e. The molecule has 0 aliphatic rings. The fraction of sp³-hybridized carbons (Fsp3) is 0.167. The molecule has 2 heterocycles. The van der Waals surface area contributed by atoms with E-state index >= 15 is 0 Å². The maximum absolute atomic E-state index is 12.3. The Morgan fingerprint density at radius 3 is 2.95 bits per heavy atom. The van der Waals surface area contributed by atoms with E-state index in [0.29, 0.717) is 23.3 Å². The molecule has 0 bridgehead atoms. The van der Waals surface area contributed by atoms with Crippen molar-refractivity contribution >= 4 is 21.9 Å². The maximum atomic E-state index is 12.3. The van der Waals surface area contributed by atoms with Gasteiger partial charge in [0, 0.05) is 11.5 Å². The van der Waals surface area contributed by atoms with Gasteiger partial charge in [-0.2, -0.15) is 0 Å². The van der Waals surface area contributed by atoms with Crippen LogP contribution in [0.2, 0.25) is 0 Å². The lowest BCUT2D eigenvalue weighted by molar-refractivity contribution is 0.340. The minimum absolute atomic E-state index is 0.000778. The topological polar surface area (TPSA) is 101 Å². The number of rotatable bonds is 2. The van der Waals surface area contributed by atoms with E-state index in [-0.39, 0.29) is 16.5 Å². The molecule has 0 atom stereocenters. The zero-order valence-corrected chi connectivity index (χ0v) is 10.1. The molecule has 0 fully saturated rings. The van der Waals surface area contributed by atoms with Crippen molar-refractivity contribution in [3.8, 4) is 5.75 Å². The largest absolute Gasteiger partial charge is 0.494 e. The quantitative estimate of drug-likeness (QED) is 0.699. The number of nitrogens with one attached hydrogen (secondary N) is 2. The van der Waals surface area contributed by atoms with E-state index in [1.165, 1.54) is 0 Å². The Morgan fingerprint density at radius 2 is 2.16 bits per heavy atom. The highest BCUT2D eigenvalue weighted by atomic mass is 16.5. The van der Waals surface area contributed by atoms with E-state index in [9.17, 15) is 9.59 Å². The Bertz CT molecular complexity index is 881. The van der Waals surface area contributed by atoms with Crippen molar-refractivity contribution in [1.29, 1.82) is 0 Å². The van der Waals surface area contributed by atoms with Crippen LogP contribution in [0.4, 0.5) is 0 Å². The van der Waals surface area contributed by atoms with Crippen LogP contribution in [-0.2, 0) is 0 Å². The van der Waals surface area contributed by atoms with Gasteiger partial charge in [-0.1, -0.05) is 5.21 Å². The summed E-state index contributed by atoms with van der Waals surface area (Å²) < 4.78 is 5.34. The van der Waals surface area contributed by atoms with E-state index in [2.05, 4.69) is 20.4 Å². The molecule has 2 N–H and O–H groups in total. The molecule has 19 heavy (non-hydrogen) atoms. The Morgan fingerprint density at radius 1 is 1.32 bits per heavy atom. The molecule has 1 aromatic carbocycles. The first-order valence-electron chi connectivity index (χ1n) is 5.74. The minimum atomic E-state index is -0.468. The molecule has 0 amide bonds. The van der Waals surface area contributed by atoms with E-state index in [4.69, 9.17) is 4.74 Å². The van der Waals surface area contributed by atoms with Crippen molar-refractivity contribution in [3.05, 3.63) is 38.8 Å². The van der Waals surface area contributed by atoms with Gasteiger partial charge in [0.05, 0.1) is 12.1 Å². The summed E-state index contributed by atoms with van der Waals surface area (Å²) in [5, 5.41) is 9.94. The molecule has 3 rings (SSSR count). The van der Waals surface area contributed by atoms with E-state index in [0.717, 1.165) is 0 Å². The van der Waals surface area contributed by atoms with Crippen LogP contribution in [-0.4, -0.2) is 27.0 Å². The molecule has 2 aromatic heterocycles. The van der Waals surface area contributed by atoms with Crippen LogP contribution in [0.15, 0.2) is 27.8 Å². The normalized spacial score (nSPS) is 11.0. The Kier molecular flexibility index (Phi) is 2.52. The molecular formula is C12H10N4O3. The predicted molar refractivity (Wildman–Crippen MR) is 69.5 cm³/mol. The molecule has 0 aliphatic heterocycles. The summed E-state index contributed by atoms with van der Waals surface area (Å²) in [6.07, 6.45) is 0. The van der Waals surface area contributed by atoms with Crippen LogP contribution in [0, 0.1) is 0 Å². The fourth-order valence-electron chi connectivity index (χ4n) is 1.94. The van der Waals surface area contributed by atoms with Crippen LogP contribution >= 0.6 is 0 Å². The van der Waals surface area contributed by atoms with Gasteiger partial charge < -0.3 is 9.72 Å². The summed E-state index contributed by atoms with van der Waals surface area (Å²) in [7, 11) is 0. The van der Waals surface area contributed by atoms with Crippen molar-refractivity contribution in [3.63, 3.8) is 0 Å². The summed E-state index contributed by atoms with van der Waals surface area (Å²) in [4.78, 5) is 26.8. The van der Waals surface area contributed by atoms with Crippen molar-refractivity contribution in [2.75, 3.05) is 6.61 Å². The van der Waals surface area contributed by atoms with Gasteiger partial charge in [0.1, 0.15) is 11.3 Å². The first-order chi connectivity index (χ1) is 9.20. The van der Waals surface area contributed by atoms with Crippen LogP contribution in [0.3, 0.4) is 0 Å². The van der Waals surface area contributed by atoms with Gasteiger partial charge in [0.2, 0.25) is 5.43 Å². The van der Waals surface area contributed by atoms with Gasteiger partial charge in [-0.3, -0.25) is 14.7 Å². The fourth-order valence-corrected chi connectivity index (χ4v) is 1.94. The number of aromatic amines is 2. The number of hydrogen-bond donors (Lipinski definition) is 2. The molecule has 96 valence electrons. The molecule has 7 heteroatoms. The number of hydrogen-bond acceptors (Lipinski definition) is 5. The Balaban J connectivity index is 2.49. The van der Waals surface area contributed by atoms with Crippen molar-refractivity contribution in [2.45, 2.75) is 6.92 Å². The SMILES string of the molecule is CCOc1ccc2c(=O)c3[nH]nnc3c(=O)[nH]c2c1. The smallest absolute Gasteiger partial charge is 0.278 e. The molecule has 0 aliphatic carbocycles. The summed E-state index contributed by atoms with van der Waals surface area (Å²) in [6, 6.07) is 4.91. The van der Waals surface area contributed by atoms with Gasteiger partial charge >= 0.3 is 0 Å². The second-order valence-electron chi connectivity index (χ2n) is 3.96. The lowest BCUT2D eigenvalue weighted by atomic mass is 10.2. The number of fused-ring (bicyclic) bond motifs is 2. The molecule has 7 nitrogen and oxygen atoms in total. The molecule has 0 radical (unpaired) electrons. The van der Waals surface area contributed by atoms with Crippen LogP contribution in [0.5, 0.6) is 5.75 Å². The zero-order chi connectivity index (χ0) is 13.4. The summed E-state index contributed by atoms with van der Waals surface area (Å²) in [6.45, 7) is 2.36. The second-order valence-corrected chi connectivity index (χ2v) is 3.96. The highest BCUT2D eigenvalue weighted by molar-refractivity contribution is 5.87. The van der Waals surface area contributed by atoms with Gasteiger partial charge in [-0.15, -0.1) is 5.10 Å². The Labute approximate surface area is 106 Å². The third kappa shape index (κ3) is 1.75. The zero-order valence-electron chi connectivity index (χ0n) is 10.1. The first kappa shape index (κ1) is 11.4.